The van der Waals surface area contributed by atoms with Crippen molar-refractivity contribution in [2.75, 3.05) is 6.54 Å². The van der Waals surface area contributed by atoms with Crippen LogP contribution in [0, 0.1) is 0 Å². The zero-order valence-electron chi connectivity index (χ0n) is 15.8. The molecule has 1 atom stereocenters. The number of carbonyl (C=O) groups is 1. The number of carbonyl (C=O) groups excluding carboxylic acids is 1. The highest BCUT2D eigenvalue weighted by Crippen LogP contribution is 2.35. The Balaban J connectivity index is 1.48. The number of aromatic nitrogens is 3. The van der Waals surface area contributed by atoms with Crippen molar-refractivity contribution >= 4 is 38.5 Å². The lowest BCUT2D eigenvalue weighted by molar-refractivity contribution is -0.135. The standard InChI is InChI=1S/C22H20N4O2S/c27-20-13-23-15-7-1-3-9-17(15)26(20)14-21(28)25-12-6-5-10-18(25)22-24-16-8-2-4-11-19(16)29-22/h1-4,7-9,11,13,18H,5-6,10,12,14H2. The summed E-state index contributed by atoms with van der Waals surface area (Å²) in [5, 5.41) is 0.978. The van der Waals surface area contributed by atoms with Crippen LogP contribution >= 0.6 is 11.3 Å². The van der Waals surface area contributed by atoms with Crippen LogP contribution < -0.4 is 5.56 Å². The SMILES string of the molecule is O=C(Cn1c(=O)cnc2ccccc21)N1CCCCC1c1nc2ccccc2s1. The van der Waals surface area contributed by atoms with Gasteiger partial charge in [-0.25, -0.2) is 9.97 Å². The predicted molar refractivity (Wildman–Crippen MR) is 114 cm³/mol. The molecule has 2 aromatic heterocycles. The van der Waals surface area contributed by atoms with Crippen LogP contribution in [0.25, 0.3) is 21.3 Å². The van der Waals surface area contributed by atoms with Crippen molar-refractivity contribution in [3.8, 4) is 0 Å². The van der Waals surface area contributed by atoms with Gasteiger partial charge >= 0.3 is 0 Å². The number of thiazole rings is 1. The number of hydrogen-bond donors (Lipinski definition) is 0. The highest BCUT2D eigenvalue weighted by Gasteiger charge is 2.30. The van der Waals surface area contributed by atoms with Gasteiger partial charge in [0.1, 0.15) is 11.6 Å². The van der Waals surface area contributed by atoms with E-state index < -0.39 is 0 Å². The summed E-state index contributed by atoms with van der Waals surface area (Å²) in [5.41, 5.74) is 2.11. The van der Waals surface area contributed by atoms with Gasteiger partial charge in [-0.3, -0.25) is 14.2 Å². The number of likely N-dealkylation sites (tertiary alicyclic amines) is 1. The maximum Gasteiger partial charge on any atom is 0.269 e. The molecule has 0 N–H and O–H groups in total. The van der Waals surface area contributed by atoms with Crippen LogP contribution in [0.3, 0.4) is 0 Å². The fourth-order valence-electron chi connectivity index (χ4n) is 4.02. The predicted octanol–water partition coefficient (Wildman–Crippen LogP) is 3.76. The van der Waals surface area contributed by atoms with E-state index in [0.717, 1.165) is 34.5 Å². The van der Waals surface area contributed by atoms with E-state index in [2.05, 4.69) is 11.1 Å². The number of rotatable bonds is 3. The molecule has 29 heavy (non-hydrogen) atoms. The van der Waals surface area contributed by atoms with Gasteiger partial charge in [0.25, 0.3) is 5.56 Å². The molecule has 0 saturated carbocycles. The summed E-state index contributed by atoms with van der Waals surface area (Å²) in [5.74, 6) is -0.0487. The molecule has 1 aliphatic rings. The van der Waals surface area contributed by atoms with Crippen LogP contribution in [0.5, 0.6) is 0 Å². The first-order valence-electron chi connectivity index (χ1n) is 9.80. The highest BCUT2D eigenvalue weighted by molar-refractivity contribution is 7.18. The molecule has 0 aliphatic carbocycles. The summed E-state index contributed by atoms with van der Waals surface area (Å²) in [6.07, 6.45) is 4.23. The maximum absolute atomic E-state index is 13.3. The molecular formula is C22H20N4O2S. The largest absolute Gasteiger partial charge is 0.332 e. The van der Waals surface area contributed by atoms with Gasteiger partial charge in [0.05, 0.1) is 33.5 Å². The van der Waals surface area contributed by atoms with E-state index in [1.54, 1.807) is 11.3 Å². The van der Waals surface area contributed by atoms with E-state index in [9.17, 15) is 9.59 Å². The van der Waals surface area contributed by atoms with Gasteiger partial charge in [0.15, 0.2) is 0 Å². The number of piperidine rings is 1. The number of para-hydroxylation sites is 3. The quantitative estimate of drug-likeness (QED) is 0.521. The van der Waals surface area contributed by atoms with Gasteiger partial charge in [0, 0.05) is 6.54 Å². The van der Waals surface area contributed by atoms with E-state index in [1.807, 2.05) is 47.4 Å². The minimum absolute atomic E-state index is 0.0171. The van der Waals surface area contributed by atoms with Crippen LogP contribution in [0.2, 0.25) is 0 Å². The van der Waals surface area contributed by atoms with Gasteiger partial charge in [-0.15, -0.1) is 11.3 Å². The third kappa shape index (κ3) is 3.31. The number of benzene rings is 2. The molecule has 5 rings (SSSR count). The average Bonchev–Trinajstić information content (AvgIpc) is 3.20. The lowest BCUT2D eigenvalue weighted by Crippen LogP contribution is -2.41. The molecule has 7 heteroatoms. The summed E-state index contributed by atoms with van der Waals surface area (Å²) in [4.78, 5) is 36.6. The molecule has 0 bridgehead atoms. The molecule has 1 saturated heterocycles. The fraction of sp³-hybridized carbons (Fsp3) is 0.273. The molecule has 1 amide bonds. The first kappa shape index (κ1) is 18.0. The first-order valence-corrected chi connectivity index (χ1v) is 10.6. The molecule has 1 aliphatic heterocycles. The van der Waals surface area contributed by atoms with E-state index >= 15 is 0 Å². The normalized spacial score (nSPS) is 17.1. The van der Waals surface area contributed by atoms with Crippen LogP contribution in [0.4, 0.5) is 0 Å². The highest BCUT2D eigenvalue weighted by atomic mass is 32.1. The number of amides is 1. The Labute approximate surface area is 171 Å². The third-order valence-electron chi connectivity index (χ3n) is 5.46. The van der Waals surface area contributed by atoms with E-state index in [4.69, 9.17) is 4.98 Å². The van der Waals surface area contributed by atoms with Crippen LogP contribution in [0.15, 0.2) is 59.5 Å². The van der Waals surface area contributed by atoms with Crippen LogP contribution in [-0.2, 0) is 11.3 Å². The van der Waals surface area contributed by atoms with Gasteiger partial charge in [-0.2, -0.15) is 0 Å². The molecule has 1 fully saturated rings. The summed E-state index contributed by atoms with van der Waals surface area (Å²) in [6, 6.07) is 15.4. The second-order valence-electron chi connectivity index (χ2n) is 7.29. The zero-order chi connectivity index (χ0) is 19.8. The Morgan fingerprint density at radius 3 is 2.72 bits per heavy atom. The summed E-state index contributed by atoms with van der Waals surface area (Å²) >= 11 is 1.65. The van der Waals surface area contributed by atoms with Gasteiger partial charge in [0.2, 0.25) is 5.91 Å². The van der Waals surface area contributed by atoms with Crippen molar-refractivity contribution in [1.82, 2.24) is 19.4 Å². The van der Waals surface area contributed by atoms with E-state index in [0.29, 0.717) is 17.6 Å². The lowest BCUT2D eigenvalue weighted by atomic mass is 10.0. The van der Waals surface area contributed by atoms with Crippen LogP contribution in [-0.4, -0.2) is 31.9 Å². The molecule has 6 nitrogen and oxygen atoms in total. The van der Waals surface area contributed by atoms with Crippen molar-refractivity contribution in [1.29, 1.82) is 0 Å². The average molecular weight is 404 g/mol. The van der Waals surface area contributed by atoms with Gasteiger partial charge in [-0.05, 0) is 43.5 Å². The molecule has 0 spiro atoms. The summed E-state index contributed by atoms with van der Waals surface area (Å²) in [6.45, 7) is 0.709. The molecule has 146 valence electrons. The summed E-state index contributed by atoms with van der Waals surface area (Å²) in [7, 11) is 0. The molecule has 4 aromatic rings. The Morgan fingerprint density at radius 2 is 1.86 bits per heavy atom. The van der Waals surface area contributed by atoms with E-state index in [-0.39, 0.29) is 24.1 Å². The fourth-order valence-corrected chi connectivity index (χ4v) is 5.14. The van der Waals surface area contributed by atoms with Gasteiger partial charge < -0.3 is 4.90 Å². The Hall–Kier alpha value is -3.06. The Kier molecular flexibility index (Phi) is 4.60. The molecule has 3 heterocycles. The second-order valence-corrected chi connectivity index (χ2v) is 8.35. The minimum Gasteiger partial charge on any atom is -0.332 e. The zero-order valence-corrected chi connectivity index (χ0v) is 16.6. The van der Waals surface area contributed by atoms with Crippen molar-refractivity contribution in [2.45, 2.75) is 31.8 Å². The smallest absolute Gasteiger partial charge is 0.269 e. The van der Waals surface area contributed by atoms with Crippen molar-refractivity contribution in [3.05, 3.63) is 70.1 Å². The first-order chi connectivity index (χ1) is 14.2. The van der Waals surface area contributed by atoms with Gasteiger partial charge in [-0.1, -0.05) is 24.3 Å². The number of fused-ring (bicyclic) bond motifs is 2. The van der Waals surface area contributed by atoms with Crippen molar-refractivity contribution < 1.29 is 4.79 Å². The third-order valence-corrected chi connectivity index (χ3v) is 6.60. The Bertz CT molecular complexity index is 1230. The minimum atomic E-state index is -0.259. The number of hydrogen-bond acceptors (Lipinski definition) is 5. The van der Waals surface area contributed by atoms with Crippen molar-refractivity contribution in [3.63, 3.8) is 0 Å². The molecular weight excluding hydrogens is 384 g/mol. The molecule has 1 unspecified atom stereocenters. The topological polar surface area (TPSA) is 68.1 Å². The summed E-state index contributed by atoms with van der Waals surface area (Å²) < 4.78 is 2.66. The van der Waals surface area contributed by atoms with E-state index in [1.165, 1.54) is 10.8 Å². The van der Waals surface area contributed by atoms with Crippen LogP contribution in [0.1, 0.15) is 30.3 Å². The molecule has 2 aromatic carbocycles. The Morgan fingerprint density at radius 1 is 1.07 bits per heavy atom. The lowest BCUT2D eigenvalue weighted by Gasteiger charge is -2.34. The maximum atomic E-state index is 13.3. The molecule has 0 radical (unpaired) electrons. The second kappa shape index (κ2) is 7.40. The van der Waals surface area contributed by atoms with Crippen molar-refractivity contribution in [2.24, 2.45) is 0 Å². The monoisotopic (exact) mass is 404 g/mol. The number of nitrogens with zero attached hydrogens (tertiary/aromatic N) is 4.